The number of hydrogen-bond acceptors (Lipinski definition) is 4. The van der Waals surface area contributed by atoms with Crippen molar-refractivity contribution in [3.8, 4) is 0 Å². The van der Waals surface area contributed by atoms with E-state index in [0.29, 0.717) is 12.4 Å². The first-order valence-electron chi connectivity index (χ1n) is 6.35. The number of fused-ring (bicyclic) bond motifs is 1. The molecule has 3 heterocycles. The molecule has 0 aliphatic carbocycles. The maximum atomic E-state index is 12.2. The van der Waals surface area contributed by atoms with Crippen LogP contribution in [0.5, 0.6) is 0 Å². The second kappa shape index (κ2) is 5.38. The summed E-state index contributed by atoms with van der Waals surface area (Å²) in [6.07, 6.45) is 3.48. The van der Waals surface area contributed by atoms with Crippen LogP contribution >= 0.6 is 0 Å². The van der Waals surface area contributed by atoms with Gasteiger partial charge in [0.25, 0.3) is 5.91 Å². The van der Waals surface area contributed by atoms with E-state index in [1.165, 1.54) is 0 Å². The van der Waals surface area contributed by atoms with Gasteiger partial charge in [0.2, 0.25) is 0 Å². The highest BCUT2D eigenvalue weighted by molar-refractivity contribution is 5.93. The van der Waals surface area contributed by atoms with Gasteiger partial charge in [-0.1, -0.05) is 6.07 Å². The smallest absolute Gasteiger partial charge is 0.269 e. The van der Waals surface area contributed by atoms with Gasteiger partial charge in [-0.2, -0.15) is 0 Å². The molecule has 2 aromatic heterocycles. The van der Waals surface area contributed by atoms with E-state index in [0.717, 1.165) is 32.0 Å². The molecule has 6 heteroatoms. The maximum absolute atomic E-state index is 12.2. The zero-order valence-electron chi connectivity index (χ0n) is 10.6. The Bertz CT molecular complexity index is 575. The molecule has 1 N–H and O–H groups in total. The van der Waals surface area contributed by atoms with Crippen LogP contribution in [-0.2, 0) is 4.74 Å². The summed E-state index contributed by atoms with van der Waals surface area (Å²) in [7, 11) is 0. The molecule has 6 nitrogen and oxygen atoms in total. The van der Waals surface area contributed by atoms with Crippen molar-refractivity contribution in [2.45, 2.75) is 0 Å². The molecule has 1 aliphatic rings. The lowest BCUT2D eigenvalue weighted by atomic mass is 10.3. The second-order valence-corrected chi connectivity index (χ2v) is 4.46. The molecule has 0 unspecified atom stereocenters. The summed E-state index contributed by atoms with van der Waals surface area (Å²) in [4.78, 5) is 18.5. The minimum Gasteiger partial charge on any atom is -0.379 e. The number of morpholine rings is 1. The van der Waals surface area contributed by atoms with E-state index in [1.807, 2.05) is 12.1 Å². The van der Waals surface area contributed by atoms with Crippen LogP contribution in [0.1, 0.15) is 10.5 Å². The fourth-order valence-corrected chi connectivity index (χ4v) is 2.17. The monoisotopic (exact) mass is 260 g/mol. The Morgan fingerprint density at radius 3 is 3.05 bits per heavy atom. The number of ether oxygens (including phenoxy) is 1. The van der Waals surface area contributed by atoms with Gasteiger partial charge in [0.1, 0.15) is 11.3 Å². The number of amides is 1. The number of imidazole rings is 1. The molecule has 1 fully saturated rings. The maximum Gasteiger partial charge on any atom is 0.269 e. The Labute approximate surface area is 111 Å². The van der Waals surface area contributed by atoms with Gasteiger partial charge in [0.15, 0.2) is 0 Å². The molecule has 3 rings (SSSR count). The predicted molar refractivity (Wildman–Crippen MR) is 69.9 cm³/mol. The summed E-state index contributed by atoms with van der Waals surface area (Å²) in [5.41, 5.74) is 1.38. The van der Waals surface area contributed by atoms with E-state index < -0.39 is 0 Å². The van der Waals surface area contributed by atoms with Crippen molar-refractivity contribution in [3.63, 3.8) is 0 Å². The van der Waals surface area contributed by atoms with Gasteiger partial charge in [-0.05, 0) is 12.1 Å². The summed E-state index contributed by atoms with van der Waals surface area (Å²) in [5, 5.41) is 2.93. The predicted octanol–water partition coefficient (Wildman–Crippen LogP) is 0.354. The summed E-state index contributed by atoms with van der Waals surface area (Å²) < 4.78 is 7.06. The quantitative estimate of drug-likeness (QED) is 0.865. The molecule has 1 saturated heterocycles. The van der Waals surface area contributed by atoms with Crippen molar-refractivity contribution in [1.82, 2.24) is 19.6 Å². The molecular formula is C13H16N4O2. The Kier molecular flexibility index (Phi) is 3.43. The van der Waals surface area contributed by atoms with Gasteiger partial charge in [0, 0.05) is 25.5 Å². The van der Waals surface area contributed by atoms with Crippen molar-refractivity contribution in [2.75, 3.05) is 33.0 Å². The van der Waals surface area contributed by atoms with E-state index >= 15 is 0 Å². The molecule has 100 valence electrons. The van der Waals surface area contributed by atoms with Crippen LogP contribution in [0, 0.1) is 0 Å². The molecule has 0 saturated carbocycles. The highest BCUT2D eigenvalue weighted by atomic mass is 16.5. The van der Waals surface area contributed by atoms with Crippen LogP contribution in [0.25, 0.3) is 5.65 Å². The zero-order valence-corrected chi connectivity index (χ0v) is 10.6. The Hall–Kier alpha value is -1.92. The van der Waals surface area contributed by atoms with Crippen molar-refractivity contribution in [1.29, 1.82) is 0 Å². The summed E-state index contributed by atoms with van der Waals surface area (Å²) in [6.45, 7) is 3.72. The van der Waals surface area contributed by atoms with Gasteiger partial charge in [-0.25, -0.2) is 4.98 Å². The summed E-state index contributed by atoms with van der Waals surface area (Å²) in [6, 6.07) is 5.51. The van der Waals surface area contributed by atoms with Gasteiger partial charge in [-0.15, -0.1) is 0 Å². The van der Waals surface area contributed by atoms with Crippen LogP contribution in [-0.4, -0.2) is 53.2 Å². The lowest BCUT2D eigenvalue weighted by Gasteiger charge is -2.26. The number of carbonyl (C=O) groups is 1. The standard InChI is InChI=1S/C13H16N4O2/c18-13(15-10-16-6-8-19-9-7-16)11-2-1-3-12-14-4-5-17(11)12/h1-5H,6-10H2,(H,15,18). The average molecular weight is 260 g/mol. The highest BCUT2D eigenvalue weighted by Gasteiger charge is 2.13. The minimum atomic E-state index is -0.0879. The molecule has 0 atom stereocenters. The SMILES string of the molecule is O=C(NCN1CCOCC1)c1cccc2nccn12. The topological polar surface area (TPSA) is 58.9 Å². The first-order valence-corrected chi connectivity index (χ1v) is 6.35. The molecule has 0 radical (unpaired) electrons. The lowest BCUT2D eigenvalue weighted by molar-refractivity contribution is 0.0334. The van der Waals surface area contributed by atoms with E-state index in [1.54, 1.807) is 22.9 Å². The second-order valence-electron chi connectivity index (χ2n) is 4.46. The van der Waals surface area contributed by atoms with Gasteiger partial charge < -0.3 is 10.1 Å². The zero-order chi connectivity index (χ0) is 13.1. The van der Waals surface area contributed by atoms with Crippen molar-refractivity contribution in [3.05, 3.63) is 36.3 Å². The first-order chi connectivity index (χ1) is 9.34. The Morgan fingerprint density at radius 1 is 1.37 bits per heavy atom. The van der Waals surface area contributed by atoms with Crippen molar-refractivity contribution < 1.29 is 9.53 Å². The minimum absolute atomic E-state index is 0.0879. The average Bonchev–Trinajstić information content (AvgIpc) is 2.94. The number of nitrogens with zero attached hydrogens (tertiary/aromatic N) is 3. The molecule has 0 bridgehead atoms. The van der Waals surface area contributed by atoms with E-state index in [4.69, 9.17) is 4.74 Å². The van der Waals surface area contributed by atoms with E-state index in [2.05, 4.69) is 15.2 Å². The van der Waals surface area contributed by atoms with Gasteiger partial charge in [0.05, 0.1) is 19.9 Å². The number of nitrogens with one attached hydrogen (secondary N) is 1. The van der Waals surface area contributed by atoms with Crippen molar-refractivity contribution in [2.24, 2.45) is 0 Å². The largest absolute Gasteiger partial charge is 0.379 e. The number of carbonyl (C=O) groups excluding carboxylic acids is 1. The third-order valence-electron chi connectivity index (χ3n) is 3.23. The number of pyridine rings is 1. The Morgan fingerprint density at radius 2 is 2.21 bits per heavy atom. The highest BCUT2D eigenvalue weighted by Crippen LogP contribution is 2.05. The van der Waals surface area contributed by atoms with E-state index in [-0.39, 0.29) is 5.91 Å². The summed E-state index contributed by atoms with van der Waals surface area (Å²) >= 11 is 0. The first kappa shape index (κ1) is 12.1. The van der Waals surface area contributed by atoms with Crippen molar-refractivity contribution >= 4 is 11.6 Å². The molecule has 0 spiro atoms. The fourth-order valence-electron chi connectivity index (χ4n) is 2.17. The van der Waals surface area contributed by atoms with Gasteiger partial charge >= 0.3 is 0 Å². The van der Waals surface area contributed by atoms with Gasteiger partial charge in [-0.3, -0.25) is 14.1 Å². The summed E-state index contributed by atoms with van der Waals surface area (Å²) in [5.74, 6) is -0.0879. The molecular weight excluding hydrogens is 244 g/mol. The van der Waals surface area contributed by atoms with Crippen LogP contribution in [0.4, 0.5) is 0 Å². The van der Waals surface area contributed by atoms with E-state index in [9.17, 15) is 4.79 Å². The molecule has 19 heavy (non-hydrogen) atoms. The third-order valence-corrected chi connectivity index (χ3v) is 3.23. The Balaban J connectivity index is 1.68. The molecule has 1 aliphatic heterocycles. The molecule has 2 aromatic rings. The van der Waals surface area contributed by atoms with Crippen LogP contribution in [0.3, 0.4) is 0 Å². The number of hydrogen-bond donors (Lipinski definition) is 1. The molecule has 0 aromatic carbocycles. The number of rotatable bonds is 3. The van der Waals surface area contributed by atoms with Crippen LogP contribution in [0.2, 0.25) is 0 Å². The number of aromatic nitrogens is 2. The normalized spacial score (nSPS) is 16.6. The van der Waals surface area contributed by atoms with Crippen LogP contribution < -0.4 is 5.32 Å². The molecule has 1 amide bonds. The fraction of sp³-hybridized carbons (Fsp3) is 0.385. The lowest BCUT2D eigenvalue weighted by Crippen LogP contribution is -2.44. The van der Waals surface area contributed by atoms with Crippen LogP contribution in [0.15, 0.2) is 30.6 Å². The third kappa shape index (κ3) is 2.59.